The van der Waals surface area contributed by atoms with Crippen LogP contribution in [0.25, 0.3) is 22.3 Å². The molecule has 0 aliphatic heterocycles. The van der Waals surface area contributed by atoms with Crippen molar-refractivity contribution in [2.24, 2.45) is 4.99 Å². The second-order valence-electron chi connectivity index (χ2n) is 5.67. The van der Waals surface area contributed by atoms with Crippen LogP contribution >= 0.6 is 0 Å². The van der Waals surface area contributed by atoms with Gasteiger partial charge >= 0.3 is 0 Å². The summed E-state index contributed by atoms with van der Waals surface area (Å²) in [7, 11) is 1.66. The topological polar surface area (TPSA) is 34.7 Å². The van der Waals surface area contributed by atoms with E-state index in [-0.39, 0.29) is 0 Å². The molecule has 0 saturated carbocycles. The van der Waals surface area contributed by atoms with E-state index in [1.54, 1.807) is 7.11 Å². The zero-order valence-corrected chi connectivity index (χ0v) is 13.8. The number of hydrogen-bond donors (Lipinski definition) is 0. The van der Waals surface area contributed by atoms with Gasteiger partial charge in [0, 0.05) is 17.0 Å². The lowest BCUT2D eigenvalue weighted by atomic mass is 10.1. The van der Waals surface area contributed by atoms with E-state index in [4.69, 9.17) is 14.1 Å². The number of nitrogens with zero attached hydrogens (tertiary/aromatic N) is 1. The lowest BCUT2D eigenvalue weighted by Gasteiger charge is -2.06. The SMILES string of the molecule is COc1ccc(-c2cc(=Nc3ccccc3)c3ccccc3o2)cc1. The molecule has 0 amide bonds. The van der Waals surface area contributed by atoms with Crippen molar-refractivity contribution >= 4 is 16.7 Å². The third-order valence-corrected chi connectivity index (χ3v) is 4.03. The molecule has 0 fully saturated rings. The van der Waals surface area contributed by atoms with Crippen molar-refractivity contribution in [2.45, 2.75) is 0 Å². The van der Waals surface area contributed by atoms with Gasteiger partial charge in [-0.25, -0.2) is 4.99 Å². The van der Waals surface area contributed by atoms with Crippen LogP contribution in [-0.4, -0.2) is 7.11 Å². The minimum absolute atomic E-state index is 0.774. The number of hydrogen-bond acceptors (Lipinski definition) is 3. The molecule has 3 heteroatoms. The maximum absolute atomic E-state index is 6.10. The average Bonchev–Trinajstić information content (AvgIpc) is 2.69. The van der Waals surface area contributed by atoms with E-state index in [1.165, 1.54) is 0 Å². The number of rotatable bonds is 3. The summed E-state index contributed by atoms with van der Waals surface area (Å²) in [4.78, 5) is 4.80. The summed E-state index contributed by atoms with van der Waals surface area (Å²) in [5.41, 5.74) is 2.71. The fraction of sp³-hybridized carbons (Fsp3) is 0.0455. The number of fused-ring (bicyclic) bond motifs is 1. The predicted octanol–water partition coefficient (Wildman–Crippen LogP) is 5.34. The van der Waals surface area contributed by atoms with Gasteiger partial charge in [-0.3, -0.25) is 0 Å². The molecule has 1 heterocycles. The standard InChI is InChI=1S/C22H17NO2/c1-24-18-13-11-16(12-14-18)22-15-20(23-17-7-3-2-4-8-17)19-9-5-6-10-21(19)25-22/h2-15H,1H3. The van der Waals surface area contributed by atoms with Crippen LogP contribution in [0.15, 0.2) is 94.3 Å². The van der Waals surface area contributed by atoms with Crippen molar-refractivity contribution in [3.05, 3.63) is 90.3 Å². The maximum Gasteiger partial charge on any atom is 0.136 e. The van der Waals surface area contributed by atoms with Crippen molar-refractivity contribution in [1.82, 2.24) is 0 Å². The van der Waals surface area contributed by atoms with Crippen molar-refractivity contribution in [1.29, 1.82) is 0 Å². The zero-order chi connectivity index (χ0) is 17.1. The van der Waals surface area contributed by atoms with Crippen molar-refractivity contribution < 1.29 is 9.15 Å². The number of methoxy groups -OCH3 is 1. The van der Waals surface area contributed by atoms with Crippen LogP contribution in [0.5, 0.6) is 5.75 Å². The highest BCUT2D eigenvalue weighted by molar-refractivity contribution is 5.78. The van der Waals surface area contributed by atoms with Crippen LogP contribution in [0, 0.1) is 0 Å². The molecule has 0 aliphatic rings. The molecular weight excluding hydrogens is 310 g/mol. The highest BCUT2D eigenvalue weighted by Gasteiger charge is 2.06. The highest BCUT2D eigenvalue weighted by atomic mass is 16.5. The van der Waals surface area contributed by atoms with E-state index in [0.717, 1.165) is 39.1 Å². The molecule has 25 heavy (non-hydrogen) atoms. The van der Waals surface area contributed by atoms with E-state index in [1.807, 2.05) is 84.9 Å². The summed E-state index contributed by atoms with van der Waals surface area (Å²) >= 11 is 0. The average molecular weight is 327 g/mol. The Balaban J connectivity index is 1.93. The summed E-state index contributed by atoms with van der Waals surface area (Å²) in [6.07, 6.45) is 0. The molecule has 3 nitrogen and oxygen atoms in total. The van der Waals surface area contributed by atoms with Gasteiger partial charge in [-0.2, -0.15) is 0 Å². The molecule has 3 aromatic carbocycles. The Labute approximate surface area is 145 Å². The van der Waals surface area contributed by atoms with Crippen LogP contribution in [0.1, 0.15) is 0 Å². The van der Waals surface area contributed by atoms with Crippen LogP contribution in [0.4, 0.5) is 5.69 Å². The maximum atomic E-state index is 6.10. The minimum atomic E-state index is 0.774. The number of ether oxygens (including phenoxy) is 1. The first kappa shape index (κ1) is 15.2. The molecule has 4 rings (SSSR count). The Hall–Kier alpha value is -3.33. The normalized spacial score (nSPS) is 11.6. The highest BCUT2D eigenvalue weighted by Crippen LogP contribution is 2.24. The molecule has 122 valence electrons. The van der Waals surface area contributed by atoms with Gasteiger partial charge in [0.15, 0.2) is 0 Å². The van der Waals surface area contributed by atoms with E-state index in [9.17, 15) is 0 Å². The lowest BCUT2D eigenvalue weighted by molar-refractivity contribution is 0.415. The molecule has 0 spiro atoms. The van der Waals surface area contributed by atoms with Crippen LogP contribution in [0.2, 0.25) is 0 Å². The Morgan fingerprint density at radius 1 is 0.800 bits per heavy atom. The smallest absolute Gasteiger partial charge is 0.136 e. The molecular formula is C22H17NO2. The third-order valence-electron chi connectivity index (χ3n) is 4.03. The first-order chi connectivity index (χ1) is 12.3. The summed E-state index contributed by atoms with van der Waals surface area (Å²) in [6.45, 7) is 0. The quantitative estimate of drug-likeness (QED) is 0.509. The molecule has 0 saturated heterocycles. The fourth-order valence-electron chi connectivity index (χ4n) is 2.75. The van der Waals surface area contributed by atoms with E-state index < -0.39 is 0 Å². The van der Waals surface area contributed by atoms with Gasteiger partial charge in [0.1, 0.15) is 17.1 Å². The van der Waals surface area contributed by atoms with Gasteiger partial charge in [-0.15, -0.1) is 0 Å². The van der Waals surface area contributed by atoms with Gasteiger partial charge in [-0.05, 0) is 48.5 Å². The number of benzene rings is 3. The molecule has 4 aromatic rings. The first-order valence-electron chi connectivity index (χ1n) is 8.10. The van der Waals surface area contributed by atoms with E-state index in [0.29, 0.717) is 0 Å². The Kier molecular flexibility index (Phi) is 4.05. The van der Waals surface area contributed by atoms with Gasteiger partial charge in [0.05, 0.1) is 18.2 Å². The Bertz CT molecular complexity index is 1060. The van der Waals surface area contributed by atoms with Crippen LogP contribution < -0.4 is 10.1 Å². The monoisotopic (exact) mass is 327 g/mol. The van der Waals surface area contributed by atoms with Crippen LogP contribution in [-0.2, 0) is 0 Å². The molecule has 0 radical (unpaired) electrons. The molecule has 0 unspecified atom stereocenters. The first-order valence-corrected chi connectivity index (χ1v) is 8.10. The van der Waals surface area contributed by atoms with Gasteiger partial charge < -0.3 is 9.15 Å². The summed E-state index contributed by atoms with van der Waals surface area (Å²) in [5, 5.41) is 1.88. The largest absolute Gasteiger partial charge is 0.497 e. The minimum Gasteiger partial charge on any atom is -0.497 e. The van der Waals surface area contributed by atoms with Crippen molar-refractivity contribution in [2.75, 3.05) is 7.11 Å². The lowest BCUT2D eigenvalue weighted by Crippen LogP contribution is -2.02. The summed E-state index contributed by atoms with van der Waals surface area (Å²) in [5.74, 6) is 1.59. The zero-order valence-electron chi connectivity index (χ0n) is 13.8. The van der Waals surface area contributed by atoms with Gasteiger partial charge in [0.2, 0.25) is 0 Å². The number of para-hydroxylation sites is 2. The van der Waals surface area contributed by atoms with E-state index in [2.05, 4.69) is 0 Å². The van der Waals surface area contributed by atoms with Gasteiger partial charge in [-0.1, -0.05) is 30.3 Å². The molecule has 0 bridgehead atoms. The summed E-state index contributed by atoms with van der Waals surface area (Å²) in [6, 6.07) is 27.7. The van der Waals surface area contributed by atoms with Crippen LogP contribution in [0.3, 0.4) is 0 Å². The molecule has 0 aliphatic carbocycles. The molecule has 0 N–H and O–H groups in total. The second-order valence-corrected chi connectivity index (χ2v) is 5.67. The third kappa shape index (κ3) is 3.17. The Morgan fingerprint density at radius 3 is 2.28 bits per heavy atom. The summed E-state index contributed by atoms with van der Waals surface area (Å²) < 4.78 is 11.3. The fourth-order valence-corrected chi connectivity index (χ4v) is 2.75. The van der Waals surface area contributed by atoms with Crippen molar-refractivity contribution in [3.8, 4) is 17.1 Å². The molecule has 0 atom stereocenters. The van der Waals surface area contributed by atoms with Crippen molar-refractivity contribution in [3.63, 3.8) is 0 Å². The molecule has 1 aromatic heterocycles. The van der Waals surface area contributed by atoms with E-state index >= 15 is 0 Å². The predicted molar refractivity (Wildman–Crippen MR) is 99.9 cm³/mol. The second kappa shape index (κ2) is 6.65. The van der Waals surface area contributed by atoms with Gasteiger partial charge in [0.25, 0.3) is 0 Å². The Morgan fingerprint density at radius 2 is 1.52 bits per heavy atom.